The van der Waals surface area contributed by atoms with Crippen molar-refractivity contribution in [2.45, 2.75) is 38.7 Å². The Hall–Kier alpha value is -3.06. The summed E-state index contributed by atoms with van der Waals surface area (Å²) in [6.07, 6.45) is 4.72. The van der Waals surface area contributed by atoms with Crippen LogP contribution in [-0.4, -0.2) is 34.8 Å². The summed E-state index contributed by atoms with van der Waals surface area (Å²) in [5, 5.41) is 10.6. The maximum absolute atomic E-state index is 12.3. The molecule has 2 aromatic carbocycles. The van der Waals surface area contributed by atoms with E-state index in [0.29, 0.717) is 30.9 Å². The second-order valence-corrected chi connectivity index (χ2v) is 7.05. The molecule has 1 aliphatic rings. The third-order valence-electron chi connectivity index (χ3n) is 4.96. The van der Waals surface area contributed by atoms with E-state index < -0.39 is 4.92 Å². The minimum absolute atomic E-state index is 0.0787. The van der Waals surface area contributed by atoms with Gasteiger partial charge in [0.1, 0.15) is 0 Å². The molecule has 7 heteroatoms. The van der Waals surface area contributed by atoms with E-state index in [9.17, 15) is 19.7 Å². The number of non-ortho nitro benzene ring substituents is 1. The highest BCUT2D eigenvalue weighted by atomic mass is 16.6. The molecule has 29 heavy (non-hydrogen) atoms. The molecular formula is C22H24N2O5. The summed E-state index contributed by atoms with van der Waals surface area (Å²) in [6, 6.07) is 13.3. The van der Waals surface area contributed by atoms with Gasteiger partial charge < -0.3 is 4.74 Å². The van der Waals surface area contributed by atoms with Crippen LogP contribution in [0.3, 0.4) is 0 Å². The van der Waals surface area contributed by atoms with E-state index in [2.05, 4.69) is 0 Å². The minimum atomic E-state index is -0.418. The number of hydrogen-bond acceptors (Lipinski definition) is 5. The number of unbranched alkanes of at least 4 members (excludes halogenated alkanes) is 4. The van der Waals surface area contributed by atoms with E-state index in [1.807, 2.05) is 0 Å². The van der Waals surface area contributed by atoms with E-state index in [0.717, 1.165) is 37.7 Å². The van der Waals surface area contributed by atoms with Crippen molar-refractivity contribution in [1.82, 2.24) is 4.90 Å². The molecule has 0 radical (unpaired) electrons. The van der Waals surface area contributed by atoms with Crippen molar-refractivity contribution in [2.24, 2.45) is 0 Å². The zero-order valence-corrected chi connectivity index (χ0v) is 16.2. The van der Waals surface area contributed by atoms with Crippen LogP contribution in [0.4, 0.5) is 5.69 Å². The van der Waals surface area contributed by atoms with Crippen molar-refractivity contribution in [3.05, 3.63) is 75.3 Å². The van der Waals surface area contributed by atoms with E-state index in [1.54, 1.807) is 36.4 Å². The van der Waals surface area contributed by atoms with Crippen LogP contribution in [0, 0.1) is 10.1 Å². The summed E-state index contributed by atoms with van der Waals surface area (Å²) >= 11 is 0. The van der Waals surface area contributed by atoms with Crippen molar-refractivity contribution < 1.29 is 19.2 Å². The van der Waals surface area contributed by atoms with Crippen molar-refractivity contribution >= 4 is 17.5 Å². The first-order valence-electron chi connectivity index (χ1n) is 9.84. The van der Waals surface area contributed by atoms with Crippen LogP contribution in [0.5, 0.6) is 0 Å². The summed E-state index contributed by atoms with van der Waals surface area (Å²) in [4.78, 5) is 36.1. The first kappa shape index (κ1) is 20.7. The van der Waals surface area contributed by atoms with E-state index in [1.165, 1.54) is 17.0 Å². The number of ether oxygens (including phenoxy) is 1. The average molecular weight is 396 g/mol. The molecule has 0 saturated carbocycles. The number of fused-ring (bicyclic) bond motifs is 1. The van der Waals surface area contributed by atoms with Crippen LogP contribution >= 0.6 is 0 Å². The van der Waals surface area contributed by atoms with Gasteiger partial charge in [0.15, 0.2) is 0 Å². The SMILES string of the molecule is O=C1c2ccccc2C(=O)N1CCCCCCCOCc1ccc([N+](=O)[O-])cc1. The van der Waals surface area contributed by atoms with Crippen LogP contribution in [-0.2, 0) is 11.3 Å². The number of amides is 2. The van der Waals surface area contributed by atoms with E-state index in [4.69, 9.17) is 4.74 Å². The lowest BCUT2D eigenvalue weighted by atomic mass is 10.1. The van der Waals surface area contributed by atoms with Crippen LogP contribution in [0.2, 0.25) is 0 Å². The van der Waals surface area contributed by atoms with Crippen LogP contribution in [0.25, 0.3) is 0 Å². The van der Waals surface area contributed by atoms with Crippen molar-refractivity contribution in [3.8, 4) is 0 Å². The molecule has 7 nitrogen and oxygen atoms in total. The molecule has 1 aliphatic heterocycles. The number of hydrogen-bond donors (Lipinski definition) is 0. The summed E-state index contributed by atoms with van der Waals surface area (Å²) in [6.45, 7) is 1.54. The highest BCUT2D eigenvalue weighted by Crippen LogP contribution is 2.23. The van der Waals surface area contributed by atoms with Gasteiger partial charge in [-0.1, -0.05) is 31.4 Å². The zero-order chi connectivity index (χ0) is 20.6. The smallest absolute Gasteiger partial charge is 0.269 e. The molecule has 0 spiro atoms. The number of nitrogens with zero attached hydrogens (tertiary/aromatic N) is 2. The lowest BCUT2D eigenvalue weighted by molar-refractivity contribution is -0.384. The standard InChI is InChI=1S/C22H24N2O5/c25-21-19-8-4-5-9-20(19)22(26)23(21)14-6-2-1-3-7-15-29-16-17-10-12-18(13-11-17)24(27)28/h4-5,8-13H,1-3,6-7,14-16H2. The number of nitro benzene ring substituents is 1. The van der Waals surface area contributed by atoms with Gasteiger partial charge in [0, 0.05) is 25.3 Å². The Labute approximate surface area is 169 Å². The van der Waals surface area contributed by atoms with Crippen molar-refractivity contribution in [1.29, 1.82) is 0 Å². The van der Waals surface area contributed by atoms with Gasteiger partial charge in [-0.3, -0.25) is 24.6 Å². The Balaban J connectivity index is 1.24. The highest BCUT2D eigenvalue weighted by Gasteiger charge is 2.34. The quantitative estimate of drug-likeness (QED) is 0.244. The molecule has 152 valence electrons. The molecule has 0 fully saturated rings. The molecule has 0 N–H and O–H groups in total. The summed E-state index contributed by atoms with van der Waals surface area (Å²) < 4.78 is 5.60. The molecular weight excluding hydrogens is 372 g/mol. The number of carbonyl (C=O) groups excluding carboxylic acids is 2. The number of rotatable bonds is 11. The molecule has 1 heterocycles. The van der Waals surface area contributed by atoms with Gasteiger partial charge in [-0.25, -0.2) is 0 Å². The Morgan fingerprint density at radius 1 is 0.828 bits per heavy atom. The summed E-state index contributed by atoms with van der Waals surface area (Å²) in [7, 11) is 0. The van der Waals surface area contributed by atoms with E-state index >= 15 is 0 Å². The van der Waals surface area contributed by atoms with Gasteiger partial charge in [0.25, 0.3) is 17.5 Å². The number of carbonyl (C=O) groups is 2. The lowest BCUT2D eigenvalue weighted by Gasteiger charge is -2.13. The summed E-state index contributed by atoms with van der Waals surface area (Å²) in [5.74, 6) is -0.379. The van der Waals surface area contributed by atoms with E-state index in [-0.39, 0.29) is 17.5 Å². The third kappa shape index (κ3) is 5.26. The zero-order valence-electron chi connectivity index (χ0n) is 16.2. The predicted molar refractivity (Wildman–Crippen MR) is 108 cm³/mol. The topological polar surface area (TPSA) is 89.8 Å². The van der Waals surface area contributed by atoms with Crippen LogP contribution in [0.15, 0.2) is 48.5 Å². The van der Waals surface area contributed by atoms with Crippen LogP contribution < -0.4 is 0 Å². The van der Waals surface area contributed by atoms with Gasteiger partial charge in [0.05, 0.1) is 22.7 Å². The Kier molecular flexibility index (Phi) is 7.08. The fraction of sp³-hybridized carbons (Fsp3) is 0.364. The highest BCUT2D eigenvalue weighted by molar-refractivity contribution is 6.21. The van der Waals surface area contributed by atoms with Gasteiger partial charge in [0.2, 0.25) is 0 Å². The lowest BCUT2D eigenvalue weighted by Crippen LogP contribution is -2.30. The van der Waals surface area contributed by atoms with Crippen LogP contribution in [0.1, 0.15) is 58.4 Å². The molecule has 0 saturated heterocycles. The number of nitro groups is 1. The van der Waals surface area contributed by atoms with Gasteiger partial charge >= 0.3 is 0 Å². The van der Waals surface area contributed by atoms with Gasteiger partial charge in [-0.15, -0.1) is 0 Å². The van der Waals surface area contributed by atoms with Crippen molar-refractivity contribution in [3.63, 3.8) is 0 Å². The van der Waals surface area contributed by atoms with Gasteiger partial charge in [-0.05, 0) is 42.7 Å². The fourth-order valence-corrected chi connectivity index (χ4v) is 3.35. The largest absolute Gasteiger partial charge is 0.377 e. The molecule has 2 aromatic rings. The monoisotopic (exact) mass is 396 g/mol. The molecule has 0 aromatic heterocycles. The molecule has 2 amide bonds. The third-order valence-corrected chi connectivity index (χ3v) is 4.96. The molecule has 0 aliphatic carbocycles. The van der Waals surface area contributed by atoms with Gasteiger partial charge in [-0.2, -0.15) is 0 Å². The molecule has 0 atom stereocenters. The molecule has 0 unspecified atom stereocenters. The maximum atomic E-state index is 12.3. The fourth-order valence-electron chi connectivity index (χ4n) is 3.35. The normalized spacial score (nSPS) is 13.0. The first-order valence-corrected chi connectivity index (χ1v) is 9.84. The number of benzene rings is 2. The Morgan fingerprint density at radius 3 is 2.03 bits per heavy atom. The molecule has 0 bridgehead atoms. The Morgan fingerprint density at radius 2 is 1.41 bits per heavy atom. The molecule has 3 rings (SSSR count). The Bertz CT molecular complexity index is 844. The second kappa shape index (κ2) is 9.93. The maximum Gasteiger partial charge on any atom is 0.269 e. The number of imide groups is 1. The predicted octanol–water partition coefficient (Wildman–Crippen LogP) is 4.36. The van der Waals surface area contributed by atoms with Crippen molar-refractivity contribution in [2.75, 3.05) is 13.2 Å². The average Bonchev–Trinajstić information content (AvgIpc) is 2.98. The second-order valence-electron chi connectivity index (χ2n) is 7.05. The first-order chi connectivity index (χ1) is 14.1. The summed E-state index contributed by atoms with van der Waals surface area (Å²) in [5.41, 5.74) is 2.00. The minimum Gasteiger partial charge on any atom is -0.377 e.